The number of rotatable bonds is 5. The number of ketones is 1. The maximum absolute atomic E-state index is 11.5. The minimum atomic E-state index is 0.113. The number of nitrogens with zero attached hydrogens (tertiary/aromatic N) is 2. The van der Waals surface area contributed by atoms with Crippen LogP contribution in [0.4, 0.5) is 0 Å². The maximum atomic E-state index is 11.5. The molecule has 0 N–H and O–H groups in total. The van der Waals surface area contributed by atoms with Crippen LogP contribution >= 0.6 is 11.6 Å². The summed E-state index contributed by atoms with van der Waals surface area (Å²) in [6.45, 7) is 2.28. The molecule has 0 aliphatic heterocycles. The van der Waals surface area contributed by atoms with Gasteiger partial charge in [0.2, 0.25) is 0 Å². The van der Waals surface area contributed by atoms with Gasteiger partial charge in [-0.25, -0.2) is 0 Å². The lowest BCUT2D eigenvalue weighted by Gasteiger charge is -2.02. The molecule has 0 aromatic carbocycles. The van der Waals surface area contributed by atoms with Crippen LogP contribution in [0.1, 0.15) is 17.8 Å². The third kappa shape index (κ3) is 3.04. The fraction of sp³-hybridized carbons (Fsp3) is 0.600. The lowest BCUT2D eigenvalue weighted by molar-refractivity contribution is -0.119. The summed E-state index contributed by atoms with van der Waals surface area (Å²) in [4.78, 5) is 11.5. The minimum Gasteiger partial charge on any atom is -0.384 e. The molecule has 0 bridgehead atoms. The quantitative estimate of drug-likeness (QED) is 0.771. The van der Waals surface area contributed by atoms with Gasteiger partial charge in [0.1, 0.15) is 5.78 Å². The van der Waals surface area contributed by atoms with Crippen molar-refractivity contribution in [3.63, 3.8) is 0 Å². The third-order valence-electron chi connectivity index (χ3n) is 2.21. The molecule has 15 heavy (non-hydrogen) atoms. The highest BCUT2D eigenvalue weighted by Gasteiger charge is 2.14. The summed E-state index contributed by atoms with van der Waals surface area (Å²) in [5.41, 5.74) is 1.53. The first kappa shape index (κ1) is 12.2. The van der Waals surface area contributed by atoms with Gasteiger partial charge in [-0.15, -0.1) is 0 Å². The average molecular weight is 231 g/mol. The molecule has 0 radical (unpaired) electrons. The van der Waals surface area contributed by atoms with E-state index in [2.05, 4.69) is 5.10 Å². The molecule has 0 aliphatic carbocycles. The van der Waals surface area contributed by atoms with E-state index >= 15 is 0 Å². The number of methoxy groups -OCH3 is 1. The summed E-state index contributed by atoms with van der Waals surface area (Å²) in [7, 11) is 3.37. The molecule has 1 heterocycles. The Balaban J connectivity index is 2.68. The SMILES string of the molecule is COCCC(=O)Cc1c(Cl)c(C)nn1C. The van der Waals surface area contributed by atoms with Crippen molar-refractivity contribution in [3.8, 4) is 0 Å². The molecule has 84 valence electrons. The number of hydrogen-bond donors (Lipinski definition) is 0. The van der Waals surface area contributed by atoms with Crippen molar-refractivity contribution < 1.29 is 9.53 Å². The largest absolute Gasteiger partial charge is 0.384 e. The van der Waals surface area contributed by atoms with Crippen LogP contribution in [0, 0.1) is 6.92 Å². The minimum absolute atomic E-state index is 0.113. The highest BCUT2D eigenvalue weighted by atomic mass is 35.5. The number of Topliss-reactive ketones (excluding diaryl/α,β-unsaturated/α-hetero) is 1. The Morgan fingerprint density at radius 2 is 2.27 bits per heavy atom. The molecular formula is C10H15ClN2O2. The topological polar surface area (TPSA) is 44.1 Å². The number of hydrogen-bond acceptors (Lipinski definition) is 3. The molecule has 0 aliphatic rings. The highest BCUT2D eigenvalue weighted by Crippen LogP contribution is 2.20. The summed E-state index contributed by atoms with van der Waals surface area (Å²) in [6.07, 6.45) is 0.733. The molecule has 0 spiro atoms. The molecule has 0 unspecified atom stereocenters. The van der Waals surface area contributed by atoms with Crippen LogP contribution in [0.5, 0.6) is 0 Å². The normalized spacial score (nSPS) is 10.7. The fourth-order valence-electron chi connectivity index (χ4n) is 1.36. The van der Waals surface area contributed by atoms with Gasteiger partial charge in [-0.2, -0.15) is 5.10 Å². The van der Waals surface area contributed by atoms with E-state index < -0.39 is 0 Å². The third-order valence-corrected chi connectivity index (χ3v) is 2.70. The molecule has 4 nitrogen and oxygen atoms in total. The van der Waals surface area contributed by atoms with Crippen LogP contribution in [0.15, 0.2) is 0 Å². The Labute approximate surface area is 94.2 Å². The second-order valence-electron chi connectivity index (χ2n) is 3.43. The second-order valence-corrected chi connectivity index (χ2v) is 3.81. The van der Waals surface area contributed by atoms with Crippen LogP contribution < -0.4 is 0 Å². The fourth-order valence-corrected chi connectivity index (χ4v) is 1.59. The zero-order valence-electron chi connectivity index (χ0n) is 9.21. The summed E-state index contributed by atoms with van der Waals surface area (Å²) in [5.74, 6) is 0.113. The van der Waals surface area contributed by atoms with Crippen LogP contribution in [-0.2, 0) is 23.0 Å². The number of carbonyl (C=O) groups is 1. The predicted molar refractivity (Wildman–Crippen MR) is 58.2 cm³/mol. The van der Waals surface area contributed by atoms with Crippen LogP contribution in [0.2, 0.25) is 5.02 Å². The zero-order valence-corrected chi connectivity index (χ0v) is 9.97. The van der Waals surface area contributed by atoms with Gasteiger partial charge in [-0.05, 0) is 6.92 Å². The molecule has 1 aromatic rings. The van der Waals surface area contributed by atoms with E-state index in [1.54, 1.807) is 18.8 Å². The van der Waals surface area contributed by atoms with Gasteiger partial charge in [-0.3, -0.25) is 9.48 Å². The Morgan fingerprint density at radius 3 is 2.73 bits per heavy atom. The van der Waals surface area contributed by atoms with Crippen molar-refractivity contribution >= 4 is 17.4 Å². The predicted octanol–water partition coefficient (Wildman–Crippen LogP) is 1.53. The molecule has 0 amide bonds. The van der Waals surface area contributed by atoms with Gasteiger partial charge in [0, 0.05) is 27.0 Å². The van der Waals surface area contributed by atoms with Crippen molar-refractivity contribution in [2.24, 2.45) is 7.05 Å². The summed E-state index contributed by atoms with van der Waals surface area (Å²) < 4.78 is 6.49. The Bertz CT molecular complexity index is 361. The van der Waals surface area contributed by atoms with Crippen LogP contribution in [0.3, 0.4) is 0 Å². The average Bonchev–Trinajstić information content (AvgIpc) is 2.42. The summed E-state index contributed by atoms with van der Waals surface area (Å²) in [5, 5.41) is 4.73. The first-order valence-corrected chi connectivity index (χ1v) is 5.12. The number of ether oxygens (including phenoxy) is 1. The monoisotopic (exact) mass is 230 g/mol. The standard InChI is InChI=1S/C10H15ClN2O2/c1-7-10(11)9(13(2)12-7)6-8(14)4-5-15-3/h4-6H2,1-3H3. The van der Waals surface area contributed by atoms with Gasteiger partial charge in [0.25, 0.3) is 0 Å². The lowest BCUT2D eigenvalue weighted by Crippen LogP contribution is -2.09. The van der Waals surface area contributed by atoms with E-state index in [1.807, 2.05) is 6.92 Å². The van der Waals surface area contributed by atoms with E-state index in [-0.39, 0.29) is 5.78 Å². The van der Waals surface area contributed by atoms with Crippen LogP contribution in [-0.4, -0.2) is 29.3 Å². The first-order chi connectivity index (χ1) is 7.06. The van der Waals surface area contributed by atoms with Gasteiger partial charge in [-0.1, -0.05) is 11.6 Å². The summed E-state index contributed by atoms with van der Waals surface area (Å²) >= 11 is 6.03. The highest BCUT2D eigenvalue weighted by molar-refractivity contribution is 6.32. The molecule has 0 saturated carbocycles. The summed E-state index contributed by atoms with van der Waals surface area (Å²) in [6, 6.07) is 0. The van der Waals surface area contributed by atoms with Crippen molar-refractivity contribution in [1.29, 1.82) is 0 Å². The van der Waals surface area contributed by atoms with Crippen molar-refractivity contribution in [2.75, 3.05) is 13.7 Å². The van der Waals surface area contributed by atoms with E-state index in [0.717, 1.165) is 11.4 Å². The Kier molecular flexibility index (Phi) is 4.29. The molecule has 0 fully saturated rings. The van der Waals surface area contributed by atoms with Gasteiger partial charge in [0.05, 0.1) is 23.0 Å². The van der Waals surface area contributed by atoms with E-state index in [0.29, 0.717) is 24.5 Å². The molecule has 1 rings (SSSR count). The second kappa shape index (κ2) is 5.28. The number of carbonyl (C=O) groups excluding carboxylic acids is 1. The van der Waals surface area contributed by atoms with Crippen molar-refractivity contribution in [2.45, 2.75) is 19.8 Å². The van der Waals surface area contributed by atoms with Crippen LogP contribution in [0.25, 0.3) is 0 Å². The van der Waals surface area contributed by atoms with E-state index in [1.165, 1.54) is 0 Å². The number of aromatic nitrogens is 2. The zero-order chi connectivity index (χ0) is 11.4. The molecule has 0 saturated heterocycles. The lowest BCUT2D eigenvalue weighted by atomic mass is 10.1. The van der Waals surface area contributed by atoms with Crippen molar-refractivity contribution in [3.05, 3.63) is 16.4 Å². The van der Waals surface area contributed by atoms with Gasteiger partial charge >= 0.3 is 0 Å². The van der Waals surface area contributed by atoms with Gasteiger partial charge in [0.15, 0.2) is 0 Å². The number of halogens is 1. The number of aryl methyl sites for hydroxylation is 2. The van der Waals surface area contributed by atoms with E-state index in [4.69, 9.17) is 16.3 Å². The molecule has 0 atom stereocenters. The molecular weight excluding hydrogens is 216 g/mol. The molecule has 1 aromatic heterocycles. The smallest absolute Gasteiger partial charge is 0.141 e. The Hall–Kier alpha value is -0.870. The van der Waals surface area contributed by atoms with E-state index in [9.17, 15) is 4.79 Å². The first-order valence-electron chi connectivity index (χ1n) is 4.75. The Morgan fingerprint density at radius 1 is 1.60 bits per heavy atom. The maximum Gasteiger partial charge on any atom is 0.141 e. The van der Waals surface area contributed by atoms with Crippen molar-refractivity contribution in [1.82, 2.24) is 9.78 Å². The van der Waals surface area contributed by atoms with Gasteiger partial charge < -0.3 is 4.74 Å². The molecule has 5 heteroatoms.